The fraction of sp³-hybridized carbons (Fsp3) is 0.267. The quantitative estimate of drug-likeness (QED) is 0.735. The van der Waals surface area contributed by atoms with Crippen LogP contribution in [0.3, 0.4) is 0 Å². The van der Waals surface area contributed by atoms with Crippen molar-refractivity contribution in [3.8, 4) is 11.3 Å². The summed E-state index contributed by atoms with van der Waals surface area (Å²) in [6.45, 7) is 5.85. The first-order valence-electron chi connectivity index (χ1n) is 6.30. The molecule has 4 nitrogen and oxygen atoms in total. The van der Waals surface area contributed by atoms with Gasteiger partial charge in [0.25, 0.3) is 0 Å². The number of carbonyl (C=O) groups is 2. The Hall–Kier alpha value is -2.23. The predicted octanol–water partition coefficient (Wildman–Crippen LogP) is 2.82. The molecule has 1 heterocycles. The van der Waals surface area contributed by atoms with E-state index in [1.807, 2.05) is 32.9 Å². The maximum atomic E-state index is 12.2. The first-order chi connectivity index (χ1) is 9.02. The van der Waals surface area contributed by atoms with Crippen LogP contribution in [0.15, 0.2) is 24.3 Å². The van der Waals surface area contributed by atoms with Crippen molar-refractivity contribution in [2.24, 2.45) is 0 Å². The smallest absolute Gasteiger partial charge is 0.237 e. The Labute approximate surface area is 111 Å². The molecule has 0 N–H and O–H groups in total. The second-order valence-electron chi connectivity index (χ2n) is 5.05. The van der Waals surface area contributed by atoms with Gasteiger partial charge < -0.3 is 0 Å². The number of nitrogens with zero attached hydrogens (tertiary/aromatic N) is 2. The molecule has 1 aliphatic carbocycles. The van der Waals surface area contributed by atoms with E-state index in [1.165, 1.54) is 0 Å². The van der Waals surface area contributed by atoms with Crippen molar-refractivity contribution < 1.29 is 9.59 Å². The fourth-order valence-electron chi connectivity index (χ4n) is 2.61. The van der Waals surface area contributed by atoms with Crippen LogP contribution in [0.2, 0.25) is 0 Å². The molecule has 3 rings (SSSR count). The van der Waals surface area contributed by atoms with Crippen LogP contribution in [-0.4, -0.2) is 21.3 Å². The summed E-state index contributed by atoms with van der Waals surface area (Å²) in [6, 6.07) is 7.30. The summed E-state index contributed by atoms with van der Waals surface area (Å²) >= 11 is 0. The van der Waals surface area contributed by atoms with E-state index in [9.17, 15) is 9.59 Å². The zero-order valence-corrected chi connectivity index (χ0v) is 11.1. The van der Waals surface area contributed by atoms with Crippen LogP contribution in [0.25, 0.3) is 11.3 Å². The molecule has 0 bridgehead atoms. The highest BCUT2D eigenvalue weighted by Gasteiger charge is 2.35. The number of aromatic nitrogens is 2. The fourth-order valence-corrected chi connectivity index (χ4v) is 2.61. The largest absolute Gasteiger partial charge is 0.285 e. The monoisotopic (exact) mass is 254 g/mol. The number of hydrogen-bond acceptors (Lipinski definition) is 3. The summed E-state index contributed by atoms with van der Waals surface area (Å²) in [5, 5.41) is 4.52. The topological polar surface area (TPSA) is 52.0 Å². The first-order valence-corrected chi connectivity index (χ1v) is 6.30. The lowest BCUT2D eigenvalue weighted by Gasteiger charge is -2.12. The second kappa shape index (κ2) is 3.88. The third-order valence-corrected chi connectivity index (χ3v) is 3.50. The van der Waals surface area contributed by atoms with Gasteiger partial charge >= 0.3 is 0 Å². The molecule has 96 valence electrons. The van der Waals surface area contributed by atoms with Crippen molar-refractivity contribution in [2.75, 3.05) is 0 Å². The average Bonchev–Trinajstić information content (AvgIpc) is 2.74. The summed E-state index contributed by atoms with van der Waals surface area (Å²) in [7, 11) is 0. The minimum absolute atomic E-state index is 0.153. The zero-order valence-electron chi connectivity index (χ0n) is 11.1. The summed E-state index contributed by atoms with van der Waals surface area (Å²) in [5.74, 6) is -0.882. The molecular weight excluding hydrogens is 240 g/mol. The van der Waals surface area contributed by atoms with Crippen molar-refractivity contribution in [1.29, 1.82) is 0 Å². The van der Waals surface area contributed by atoms with Gasteiger partial charge in [-0.1, -0.05) is 24.3 Å². The highest BCUT2D eigenvalue weighted by molar-refractivity contribution is 6.53. The number of Topliss-reactive ketones (excluding diaryl/α,β-unsaturated/α-hetero) is 2. The normalized spacial score (nSPS) is 13.7. The average molecular weight is 254 g/mol. The molecule has 0 saturated carbocycles. The molecule has 1 aromatic carbocycles. The van der Waals surface area contributed by atoms with Gasteiger partial charge in [-0.15, -0.1) is 0 Å². The summed E-state index contributed by atoms with van der Waals surface area (Å²) in [5.41, 5.74) is 3.06. The van der Waals surface area contributed by atoms with Crippen molar-refractivity contribution in [1.82, 2.24) is 9.78 Å². The van der Waals surface area contributed by atoms with E-state index in [0.717, 1.165) is 11.3 Å². The van der Waals surface area contributed by atoms with E-state index in [-0.39, 0.29) is 6.04 Å². The Morgan fingerprint density at radius 1 is 1.05 bits per heavy atom. The number of carbonyl (C=O) groups excluding carboxylic acids is 2. The van der Waals surface area contributed by atoms with Gasteiger partial charge in [0.15, 0.2) is 0 Å². The number of hydrogen-bond donors (Lipinski definition) is 0. The van der Waals surface area contributed by atoms with Gasteiger partial charge in [-0.3, -0.25) is 14.3 Å². The number of benzene rings is 1. The standard InChI is InChI=1S/C15H14N2O2/c1-8(2)17-9(3)12-13(16-17)10-6-4-5-7-11(10)14(18)15(12)19/h4-8H,1-3H3. The molecule has 4 heteroatoms. The van der Waals surface area contributed by atoms with Crippen molar-refractivity contribution in [3.05, 3.63) is 41.1 Å². The number of ketones is 2. The van der Waals surface area contributed by atoms with Crippen LogP contribution in [0.5, 0.6) is 0 Å². The molecule has 0 unspecified atom stereocenters. The van der Waals surface area contributed by atoms with Crippen LogP contribution in [0, 0.1) is 6.92 Å². The SMILES string of the molecule is Cc1c2c(nn1C(C)C)-c1ccccc1C(=O)C2=O. The van der Waals surface area contributed by atoms with Gasteiger partial charge in [0, 0.05) is 22.9 Å². The highest BCUT2D eigenvalue weighted by Crippen LogP contribution is 2.34. The highest BCUT2D eigenvalue weighted by atomic mass is 16.2. The van der Waals surface area contributed by atoms with Gasteiger partial charge in [0.2, 0.25) is 11.6 Å². The predicted molar refractivity (Wildman–Crippen MR) is 71.4 cm³/mol. The molecule has 0 spiro atoms. The number of rotatable bonds is 1. The molecule has 0 saturated heterocycles. The van der Waals surface area contributed by atoms with Gasteiger partial charge in [-0.25, -0.2) is 0 Å². The van der Waals surface area contributed by atoms with E-state index < -0.39 is 11.6 Å². The third kappa shape index (κ3) is 1.49. The van der Waals surface area contributed by atoms with Crippen LogP contribution in [0.4, 0.5) is 0 Å². The van der Waals surface area contributed by atoms with Crippen molar-refractivity contribution >= 4 is 11.6 Å². The van der Waals surface area contributed by atoms with Gasteiger partial charge in [0.05, 0.1) is 5.56 Å². The minimum Gasteiger partial charge on any atom is -0.285 e. The molecule has 0 amide bonds. The lowest BCUT2D eigenvalue weighted by Crippen LogP contribution is -2.21. The van der Waals surface area contributed by atoms with Gasteiger partial charge in [0.1, 0.15) is 5.69 Å². The summed E-state index contributed by atoms with van der Waals surface area (Å²) in [4.78, 5) is 24.4. The Morgan fingerprint density at radius 2 is 1.68 bits per heavy atom. The zero-order chi connectivity index (χ0) is 13.7. The third-order valence-electron chi connectivity index (χ3n) is 3.50. The molecule has 0 radical (unpaired) electrons. The Bertz CT molecular complexity index is 711. The lowest BCUT2D eigenvalue weighted by molar-refractivity contribution is 0.0815. The Kier molecular flexibility index (Phi) is 2.42. The van der Waals surface area contributed by atoms with E-state index in [1.54, 1.807) is 16.8 Å². The Morgan fingerprint density at radius 3 is 2.32 bits per heavy atom. The lowest BCUT2D eigenvalue weighted by atomic mass is 9.87. The van der Waals surface area contributed by atoms with Crippen LogP contribution in [-0.2, 0) is 0 Å². The molecule has 0 aliphatic heterocycles. The Balaban J connectivity index is 2.37. The van der Waals surface area contributed by atoms with Crippen molar-refractivity contribution in [3.63, 3.8) is 0 Å². The molecule has 2 aromatic rings. The van der Waals surface area contributed by atoms with Gasteiger partial charge in [-0.2, -0.15) is 5.10 Å². The van der Waals surface area contributed by atoms with E-state index in [2.05, 4.69) is 5.10 Å². The van der Waals surface area contributed by atoms with Crippen LogP contribution < -0.4 is 0 Å². The molecule has 1 aliphatic rings. The molecule has 0 fully saturated rings. The first kappa shape index (κ1) is 11.8. The molecule has 1 aromatic heterocycles. The summed E-state index contributed by atoms with van der Waals surface area (Å²) in [6.07, 6.45) is 0. The van der Waals surface area contributed by atoms with Crippen molar-refractivity contribution in [2.45, 2.75) is 26.8 Å². The number of fused-ring (bicyclic) bond motifs is 3. The molecular formula is C15H14N2O2. The minimum atomic E-state index is -0.446. The second-order valence-corrected chi connectivity index (χ2v) is 5.05. The summed E-state index contributed by atoms with van der Waals surface area (Å²) < 4.78 is 1.80. The van der Waals surface area contributed by atoms with Crippen LogP contribution >= 0.6 is 0 Å². The maximum Gasteiger partial charge on any atom is 0.237 e. The van der Waals surface area contributed by atoms with Crippen LogP contribution in [0.1, 0.15) is 46.3 Å². The molecule has 0 atom stereocenters. The van der Waals surface area contributed by atoms with E-state index in [0.29, 0.717) is 16.8 Å². The van der Waals surface area contributed by atoms with E-state index >= 15 is 0 Å². The maximum absolute atomic E-state index is 12.2. The molecule has 19 heavy (non-hydrogen) atoms. The van der Waals surface area contributed by atoms with E-state index in [4.69, 9.17) is 0 Å². The van der Waals surface area contributed by atoms with Gasteiger partial charge in [-0.05, 0) is 20.8 Å².